The smallest absolute Gasteiger partial charge is 0.410 e. The van der Waals surface area contributed by atoms with E-state index in [1.807, 2.05) is 0 Å². The Bertz CT molecular complexity index is 617. The molecule has 0 spiro atoms. The fourth-order valence-corrected chi connectivity index (χ4v) is 3.14. The van der Waals surface area contributed by atoms with Crippen LogP contribution in [-0.2, 0) is 23.9 Å². The Kier molecular flexibility index (Phi) is 6.30. The first-order valence-electron chi connectivity index (χ1n) is 8.96. The largest absolute Gasteiger partial charge is 0.444 e. The van der Waals surface area contributed by atoms with Gasteiger partial charge >= 0.3 is 6.09 Å². The average Bonchev–Trinajstić information content (AvgIpc) is 2.89. The molecule has 2 fully saturated rings. The summed E-state index contributed by atoms with van der Waals surface area (Å²) in [5, 5.41) is 2.62. The molecule has 0 aromatic carbocycles. The van der Waals surface area contributed by atoms with E-state index in [4.69, 9.17) is 15.2 Å². The highest BCUT2D eigenvalue weighted by Crippen LogP contribution is 2.28. The lowest BCUT2D eigenvalue weighted by Gasteiger charge is -2.29. The summed E-state index contributed by atoms with van der Waals surface area (Å²) in [5.41, 5.74) is 4.70. The minimum Gasteiger partial charge on any atom is -0.444 e. The molecule has 10 heteroatoms. The quantitative estimate of drug-likeness (QED) is 0.676. The van der Waals surface area contributed by atoms with E-state index in [9.17, 15) is 19.2 Å². The van der Waals surface area contributed by atoms with Crippen LogP contribution >= 0.6 is 0 Å². The average molecular weight is 384 g/mol. The number of amides is 4. The number of hydrogen-bond acceptors (Lipinski definition) is 6. The molecule has 27 heavy (non-hydrogen) atoms. The molecule has 3 N–H and O–H groups in total. The third-order valence-corrected chi connectivity index (χ3v) is 4.35. The molecule has 0 aromatic heterocycles. The van der Waals surface area contributed by atoms with Gasteiger partial charge in [0.15, 0.2) is 0 Å². The maximum atomic E-state index is 12.8. The van der Waals surface area contributed by atoms with E-state index in [-0.39, 0.29) is 19.6 Å². The lowest BCUT2D eigenvalue weighted by molar-refractivity contribution is -0.147. The van der Waals surface area contributed by atoms with Crippen molar-refractivity contribution in [1.82, 2.24) is 15.1 Å². The van der Waals surface area contributed by atoms with Crippen LogP contribution in [0.25, 0.3) is 0 Å². The highest BCUT2D eigenvalue weighted by atomic mass is 16.6. The third-order valence-electron chi connectivity index (χ3n) is 4.35. The Morgan fingerprint density at radius 1 is 1.30 bits per heavy atom. The number of carbonyl (C=O) groups excluding carboxylic acids is 4. The summed E-state index contributed by atoms with van der Waals surface area (Å²) in [6, 6.07) is -1.57. The van der Waals surface area contributed by atoms with Crippen LogP contribution in [-0.4, -0.2) is 77.7 Å². The van der Waals surface area contributed by atoms with Gasteiger partial charge in [0.2, 0.25) is 17.7 Å². The van der Waals surface area contributed by atoms with Gasteiger partial charge in [0.05, 0.1) is 6.61 Å². The van der Waals surface area contributed by atoms with Gasteiger partial charge in [-0.15, -0.1) is 0 Å². The fraction of sp³-hybridized carbons (Fsp3) is 0.765. The Morgan fingerprint density at radius 2 is 1.96 bits per heavy atom. The lowest BCUT2D eigenvalue weighted by Crippen LogP contribution is -2.55. The van der Waals surface area contributed by atoms with E-state index in [1.54, 1.807) is 20.8 Å². The van der Waals surface area contributed by atoms with E-state index in [2.05, 4.69) is 5.32 Å². The van der Waals surface area contributed by atoms with Crippen LogP contribution in [0.15, 0.2) is 0 Å². The number of nitrogens with one attached hydrogen (secondary N) is 1. The van der Waals surface area contributed by atoms with Crippen LogP contribution in [0.5, 0.6) is 0 Å². The van der Waals surface area contributed by atoms with Crippen molar-refractivity contribution in [3.8, 4) is 0 Å². The monoisotopic (exact) mass is 384 g/mol. The van der Waals surface area contributed by atoms with Crippen molar-refractivity contribution in [1.29, 1.82) is 0 Å². The van der Waals surface area contributed by atoms with Crippen molar-refractivity contribution >= 4 is 23.8 Å². The van der Waals surface area contributed by atoms with Crippen LogP contribution in [0.3, 0.4) is 0 Å². The number of nitrogens with zero attached hydrogens (tertiary/aromatic N) is 2. The van der Waals surface area contributed by atoms with Gasteiger partial charge in [0, 0.05) is 13.5 Å². The zero-order valence-corrected chi connectivity index (χ0v) is 16.2. The summed E-state index contributed by atoms with van der Waals surface area (Å²) in [4.78, 5) is 51.1. The summed E-state index contributed by atoms with van der Waals surface area (Å²) < 4.78 is 10.8. The van der Waals surface area contributed by atoms with Gasteiger partial charge in [-0.2, -0.15) is 0 Å². The molecule has 0 unspecified atom stereocenters. The molecule has 0 saturated carbocycles. The van der Waals surface area contributed by atoms with Gasteiger partial charge in [-0.05, 0) is 33.6 Å². The number of likely N-dealkylation sites (N-methyl/N-ethyl adjacent to an activating group) is 1. The number of rotatable bonds is 4. The first-order chi connectivity index (χ1) is 12.5. The summed E-state index contributed by atoms with van der Waals surface area (Å²) >= 11 is 0. The van der Waals surface area contributed by atoms with Gasteiger partial charge in [-0.3, -0.25) is 14.4 Å². The summed E-state index contributed by atoms with van der Waals surface area (Å²) in [6.45, 7) is 5.19. The summed E-state index contributed by atoms with van der Waals surface area (Å²) in [6.07, 6.45) is 0.108. The number of carbonyl (C=O) groups is 4. The van der Waals surface area contributed by atoms with Crippen molar-refractivity contribution in [2.75, 3.05) is 20.2 Å². The summed E-state index contributed by atoms with van der Waals surface area (Å²) in [5.74, 6) is -1.49. The Labute approximate surface area is 158 Å². The van der Waals surface area contributed by atoms with Crippen molar-refractivity contribution in [2.45, 2.75) is 63.9 Å². The second kappa shape index (κ2) is 8.12. The topological polar surface area (TPSA) is 131 Å². The summed E-state index contributed by atoms with van der Waals surface area (Å²) in [7, 11) is 1.44. The number of fused-ring (bicyclic) bond motifs is 1. The van der Waals surface area contributed by atoms with Gasteiger partial charge in [-0.1, -0.05) is 0 Å². The van der Waals surface area contributed by atoms with E-state index in [0.717, 1.165) is 4.90 Å². The molecule has 2 aliphatic rings. The zero-order chi connectivity index (χ0) is 20.4. The number of primary amides is 1. The lowest BCUT2D eigenvalue weighted by atomic mass is 10.1. The van der Waals surface area contributed by atoms with Crippen LogP contribution in [0.2, 0.25) is 0 Å². The standard InChI is InChI=1S/C17H28N4O6/c1-17(2,3)27-16(25)20(4)9-12(22)19-10-7-8-26-13-6-5-11(14(18)23)21(13)15(10)24/h10-11,13H,5-9H2,1-4H3,(H2,18,23)(H,19,22)/t10-,11+,13-/m0/s1. The van der Waals surface area contributed by atoms with Gasteiger partial charge in [-0.25, -0.2) is 4.79 Å². The first-order valence-corrected chi connectivity index (χ1v) is 8.96. The Hall–Kier alpha value is -2.36. The Balaban J connectivity index is 1.97. The van der Waals surface area contributed by atoms with Crippen molar-refractivity contribution in [3.63, 3.8) is 0 Å². The van der Waals surface area contributed by atoms with Gasteiger partial charge in [0.1, 0.15) is 30.5 Å². The maximum absolute atomic E-state index is 12.8. The second-order valence-electron chi connectivity index (χ2n) is 7.81. The van der Waals surface area contributed by atoms with Crippen LogP contribution in [0.4, 0.5) is 4.79 Å². The van der Waals surface area contributed by atoms with Crippen molar-refractivity contribution in [3.05, 3.63) is 0 Å². The minimum absolute atomic E-state index is 0.262. The van der Waals surface area contributed by atoms with Crippen molar-refractivity contribution in [2.24, 2.45) is 5.73 Å². The molecule has 4 amide bonds. The predicted molar refractivity (Wildman–Crippen MR) is 94.2 cm³/mol. The van der Waals surface area contributed by atoms with E-state index < -0.39 is 47.7 Å². The molecule has 3 atom stereocenters. The number of nitrogens with two attached hydrogens (primary N) is 1. The predicted octanol–water partition coefficient (Wildman–Crippen LogP) is -0.439. The van der Waals surface area contributed by atoms with Crippen LogP contribution < -0.4 is 11.1 Å². The molecule has 0 bridgehead atoms. The molecule has 2 heterocycles. The first kappa shape index (κ1) is 20.9. The van der Waals surface area contributed by atoms with Crippen molar-refractivity contribution < 1.29 is 28.7 Å². The highest BCUT2D eigenvalue weighted by Gasteiger charge is 2.45. The molecular weight excluding hydrogens is 356 g/mol. The molecular formula is C17H28N4O6. The normalized spacial score (nSPS) is 25.4. The third kappa shape index (κ3) is 5.31. The zero-order valence-electron chi connectivity index (χ0n) is 16.2. The van der Waals surface area contributed by atoms with E-state index in [1.165, 1.54) is 11.9 Å². The fourth-order valence-electron chi connectivity index (χ4n) is 3.14. The van der Waals surface area contributed by atoms with E-state index >= 15 is 0 Å². The maximum Gasteiger partial charge on any atom is 0.410 e. The van der Waals surface area contributed by atoms with E-state index in [0.29, 0.717) is 12.8 Å². The molecule has 2 rings (SSSR count). The Morgan fingerprint density at radius 3 is 2.56 bits per heavy atom. The van der Waals surface area contributed by atoms with Gasteiger partial charge in [0.25, 0.3) is 0 Å². The molecule has 0 radical (unpaired) electrons. The number of ether oxygens (including phenoxy) is 2. The van der Waals surface area contributed by atoms with Crippen LogP contribution in [0, 0.1) is 0 Å². The second-order valence-corrected chi connectivity index (χ2v) is 7.81. The molecule has 2 saturated heterocycles. The van der Waals surface area contributed by atoms with Gasteiger partial charge < -0.3 is 30.3 Å². The molecule has 0 aliphatic carbocycles. The van der Waals surface area contributed by atoms with Crippen LogP contribution in [0.1, 0.15) is 40.0 Å². The molecule has 10 nitrogen and oxygen atoms in total. The number of hydrogen-bond donors (Lipinski definition) is 2. The highest BCUT2D eigenvalue weighted by molar-refractivity contribution is 5.93. The minimum atomic E-state index is -0.838. The molecule has 0 aromatic rings. The molecule has 2 aliphatic heterocycles. The SMILES string of the molecule is CN(CC(=O)N[C@H]1CCO[C@H]2CC[C@H](C(N)=O)N2C1=O)C(=O)OC(C)(C)C. The molecule has 152 valence electrons.